The van der Waals surface area contributed by atoms with Crippen LogP contribution in [-0.2, 0) is 14.3 Å². The van der Waals surface area contributed by atoms with Gasteiger partial charge in [-0.2, -0.15) is 5.26 Å². The van der Waals surface area contributed by atoms with E-state index >= 15 is 0 Å². The Balaban J connectivity index is 2.96. The van der Waals surface area contributed by atoms with Gasteiger partial charge in [0.15, 0.2) is 0 Å². The number of halogens is 2. The summed E-state index contributed by atoms with van der Waals surface area (Å²) < 4.78 is 18.0. The second-order valence-corrected chi connectivity index (χ2v) is 4.32. The molecule has 0 aliphatic heterocycles. The summed E-state index contributed by atoms with van der Waals surface area (Å²) in [5.41, 5.74) is 0.364. The Kier molecular flexibility index (Phi) is 5.94. The molecule has 7 heteroatoms. The molecule has 1 atom stereocenters. The number of nitrogens with zero attached hydrogens (tertiary/aromatic N) is 1. The number of hydrogen-bond acceptors (Lipinski definition) is 4. The fraction of sp³-hybridized carbons (Fsp3) is 0.308. The highest BCUT2D eigenvalue weighted by atomic mass is 35.5. The normalized spacial score (nSPS) is 11.3. The van der Waals surface area contributed by atoms with Gasteiger partial charge >= 0.3 is 5.97 Å². The summed E-state index contributed by atoms with van der Waals surface area (Å²) in [5, 5.41) is 10.9. The largest absolute Gasteiger partial charge is 0.469 e. The molecule has 20 heavy (non-hydrogen) atoms. The topological polar surface area (TPSA) is 79.2 Å². The van der Waals surface area contributed by atoms with E-state index in [4.69, 9.17) is 16.9 Å². The van der Waals surface area contributed by atoms with Crippen molar-refractivity contribution in [3.63, 3.8) is 0 Å². The fourth-order valence-electron chi connectivity index (χ4n) is 1.55. The molecule has 0 heterocycles. The summed E-state index contributed by atoms with van der Waals surface area (Å²) in [5.74, 6) is -1.78. The summed E-state index contributed by atoms with van der Waals surface area (Å²) in [6, 6.07) is 4.85. The molecule has 0 bridgehead atoms. The third-order valence-corrected chi connectivity index (χ3v) is 2.83. The lowest BCUT2D eigenvalue weighted by Gasteiger charge is -2.17. The van der Waals surface area contributed by atoms with Crippen LogP contribution in [-0.4, -0.2) is 19.0 Å². The first kappa shape index (κ1) is 15.9. The van der Waals surface area contributed by atoms with E-state index in [2.05, 4.69) is 10.1 Å². The molecule has 1 aromatic carbocycles. The Bertz CT molecular complexity index is 557. The van der Waals surface area contributed by atoms with Crippen LogP contribution in [0.4, 0.5) is 4.39 Å². The van der Waals surface area contributed by atoms with Crippen molar-refractivity contribution < 1.29 is 18.7 Å². The first-order valence-corrected chi connectivity index (χ1v) is 6.03. The molecule has 0 unspecified atom stereocenters. The van der Waals surface area contributed by atoms with Gasteiger partial charge in [0, 0.05) is 0 Å². The second-order valence-electron chi connectivity index (χ2n) is 3.91. The summed E-state index contributed by atoms with van der Waals surface area (Å²) in [6.07, 6.45) is -0.525. The molecule has 0 aliphatic rings. The number of nitriles is 1. The summed E-state index contributed by atoms with van der Waals surface area (Å²) in [6.45, 7) is 0. The number of methoxy groups -OCH3 is 1. The van der Waals surface area contributed by atoms with Crippen LogP contribution in [0, 0.1) is 17.1 Å². The molecule has 5 nitrogen and oxygen atoms in total. The zero-order chi connectivity index (χ0) is 15.1. The highest BCUT2D eigenvalue weighted by molar-refractivity contribution is 6.30. The quantitative estimate of drug-likeness (QED) is 0.844. The van der Waals surface area contributed by atoms with Gasteiger partial charge in [0.05, 0.1) is 30.7 Å². The van der Waals surface area contributed by atoms with Crippen LogP contribution in [0.1, 0.15) is 24.4 Å². The lowest BCUT2D eigenvalue weighted by molar-refractivity contribution is -0.141. The highest BCUT2D eigenvalue weighted by Crippen LogP contribution is 2.23. The van der Waals surface area contributed by atoms with Crippen LogP contribution in [0.2, 0.25) is 5.02 Å². The smallest absolute Gasteiger partial charge is 0.307 e. The first-order valence-electron chi connectivity index (χ1n) is 5.66. The van der Waals surface area contributed by atoms with Gasteiger partial charge in [-0.15, -0.1) is 0 Å². The average molecular weight is 299 g/mol. The van der Waals surface area contributed by atoms with Crippen molar-refractivity contribution >= 4 is 23.5 Å². The van der Waals surface area contributed by atoms with Gasteiger partial charge in [-0.05, 0) is 17.7 Å². The van der Waals surface area contributed by atoms with Crippen molar-refractivity contribution in [1.82, 2.24) is 5.32 Å². The number of carbonyl (C=O) groups excluding carboxylic acids is 2. The molecule has 1 amide bonds. The molecule has 0 saturated heterocycles. The Labute approximate surface area is 120 Å². The van der Waals surface area contributed by atoms with Crippen molar-refractivity contribution in [2.45, 2.75) is 18.9 Å². The summed E-state index contributed by atoms with van der Waals surface area (Å²) >= 11 is 5.58. The lowest BCUT2D eigenvalue weighted by Crippen LogP contribution is -2.30. The molecule has 0 aromatic heterocycles. The third kappa shape index (κ3) is 4.52. The lowest BCUT2D eigenvalue weighted by atomic mass is 10.0. The molecule has 1 rings (SSSR count). The zero-order valence-electron chi connectivity index (χ0n) is 10.7. The average Bonchev–Trinajstić information content (AvgIpc) is 2.41. The SMILES string of the molecule is COC(=O)C[C@@H](NC(=O)CC#N)c1ccc(Cl)c(F)c1. The van der Waals surface area contributed by atoms with Crippen LogP contribution in [0.25, 0.3) is 0 Å². The molecule has 0 aliphatic carbocycles. The van der Waals surface area contributed by atoms with Gasteiger partial charge < -0.3 is 10.1 Å². The monoisotopic (exact) mass is 298 g/mol. The maximum absolute atomic E-state index is 13.4. The molecule has 1 N–H and O–H groups in total. The number of nitrogens with one attached hydrogen (secondary N) is 1. The van der Waals surface area contributed by atoms with E-state index in [1.807, 2.05) is 0 Å². The van der Waals surface area contributed by atoms with Crippen molar-refractivity contribution in [2.75, 3.05) is 7.11 Å². The number of esters is 1. The van der Waals surface area contributed by atoms with E-state index < -0.39 is 23.7 Å². The third-order valence-electron chi connectivity index (χ3n) is 2.52. The van der Waals surface area contributed by atoms with Gasteiger partial charge in [0.25, 0.3) is 0 Å². The van der Waals surface area contributed by atoms with E-state index in [9.17, 15) is 14.0 Å². The fourth-order valence-corrected chi connectivity index (χ4v) is 1.67. The van der Waals surface area contributed by atoms with Crippen molar-refractivity contribution in [1.29, 1.82) is 5.26 Å². The van der Waals surface area contributed by atoms with Crippen molar-refractivity contribution in [2.24, 2.45) is 0 Å². The molecule has 0 spiro atoms. The number of ether oxygens (including phenoxy) is 1. The highest BCUT2D eigenvalue weighted by Gasteiger charge is 2.19. The van der Waals surface area contributed by atoms with Gasteiger partial charge in [-0.25, -0.2) is 4.39 Å². The predicted molar refractivity (Wildman–Crippen MR) is 69.2 cm³/mol. The van der Waals surface area contributed by atoms with Crippen LogP contribution in [0.5, 0.6) is 0 Å². The van der Waals surface area contributed by atoms with Gasteiger partial charge in [0.1, 0.15) is 12.2 Å². The Morgan fingerprint density at radius 1 is 1.55 bits per heavy atom. The van der Waals surface area contributed by atoms with E-state index in [1.165, 1.54) is 19.2 Å². The molecule has 0 saturated carbocycles. The predicted octanol–water partition coefficient (Wildman–Crippen LogP) is 2.11. The zero-order valence-corrected chi connectivity index (χ0v) is 11.4. The van der Waals surface area contributed by atoms with Gasteiger partial charge in [0.2, 0.25) is 5.91 Å². The summed E-state index contributed by atoms with van der Waals surface area (Å²) in [4.78, 5) is 22.8. The molecule has 1 aromatic rings. The molecular weight excluding hydrogens is 287 g/mol. The van der Waals surface area contributed by atoms with Crippen LogP contribution in [0.15, 0.2) is 18.2 Å². The van der Waals surface area contributed by atoms with Crippen molar-refractivity contribution in [3.05, 3.63) is 34.6 Å². The van der Waals surface area contributed by atoms with Gasteiger partial charge in [-0.1, -0.05) is 17.7 Å². The Morgan fingerprint density at radius 2 is 2.25 bits per heavy atom. The molecular formula is C13H12ClFN2O3. The van der Waals surface area contributed by atoms with E-state index in [-0.39, 0.29) is 17.9 Å². The van der Waals surface area contributed by atoms with E-state index in [0.29, 0.717) is 5.56 Å². The molecule has 0 fully saturated rings. The number of amides is 1. The van der Waals surface area contributed by atoms with E-state index in [0.717, 1.165) is 6.07 Å². The minimum atomic E-state index is -0.782. The second kappa shape index (κ2) is 7.46. The van der Waals surface area contributed by atoms with Crippen LogP contribution in [0.3, 0.4) is 0 Å². The van der Waals surface area contributed by atoms with Crippen LogP contribution < -0.4 is 5.32 Å². The maximum atomic E-state index is 13.4. The first-order chi connectivity index (χ1) is 9.47. The number of benzene rings is 1. The van der Waals surface area contributed by atoms with Crippen LogP contribution >= 0.6 is 11.6 Å². The molecule has 106 valence electrons. The number of hydrogen-bond donors (Lipinski definition) is 1. The minimum Gasteiger partial charge on any atom is -0.469 e. The number of rotatable bonds is 5. The number of carbonyl (C=O) groups is 2. The Morgan fingerprint density at radius 3 is 2.80 bits per heavy atom. The van der Waals surface area contributed by atoms with E-state index in [1.54, 1.807) is 6.07 Å². The van der Waals surface area contributed by atoms with Crippen molar-refractivity contribution in [3.8, 4) is 6.07 Å². The Hall–Kier alpha value is -2.13. The summed E-state index contributed by atoms with van der Waals surface area (Å²) in [7, 11) is 1.21. The maximum Gasteiger partial charge on any atom is 0.307 e. The standard InChI is InChI=1S/C13H12ClFN2O3/c1-20-13(19)7-11(17-12(18)4-5-16)8-2-3-9(14)10(15)6-8/h2-3,6,11H,4,7H2,1H3,(H,17,18)/t11-/m1/s1. The minimum absolute atomic E-state index is 0.0612. The molecule has 0 radical (unpaired) electrons. The van der Waals surface area contributed by atoms with Gasteiger partial charge in [-0.3, -0.25) is 9.59 Å².